The molecule has 0 saturated carbocycles. The molecule has 0 fully saturated rings. The van der Waals surface area contributed by atoms with E-state index in [9.17, 15) is 0 Å². The Bertz CT molecular complexity index is 233. The number of rotatable bonds is 9. The van der Waals surface area contributed by atoms with Crippen molar-refractivity contribution in [2.24, 2.45) is 0 Å². The summed E-state index contributed by atoms with van der Waals surface area (Å²) in [6.07, 6.45) is 12.5. The normalized spacial score (nSPS) is 10.9. The third-order valence-corrected chi connectivity index (χ3v) is 2.91. The van der Waals surface area contributed by atoms with Crippen LogP contribution in [0.3, 0.4) is 0 Å². The van der Waals surface area contributed by atoms with Gasteiger partial charge in [-0.25, -0.2) is 11.6 Å². The molecule has 0 amide bonds. The van der Waals surface area contributed by atoms with Crippen LogP contribution in [0.2, 0.25) is 0 Å². The van der Waals surface area contributed by atoms with Crippen LogP contribution in [0.5, 0.6) is 0 Å². The van der Waals surface area contributed by atoms with Crippen molar-refractivity contribution in [3.8, 4) is 0 Å². The molecule has 0 spiro atoms. The largest absolute Gasteiger partial charge is 4.00 e. The van der Waals surface area contributed by atoms with Crippen LogP contribution < -0.4 is 0 Å². The molecule has 0 N–H and O–H groups in total. The minimum atomic E-state index is 0. The first-order valence-electron chi connectivity index (χ1n) is 9.83. The Hall–Kier alpha value is 0.230. The molecule has 0 saturated heterocycles. The first-order valence-corrected chi connectivity index (χ1v) is 9.83. The molecular weight excluding hydrogens is 473 g/mol. The van der Waals surface area contributed by atoms with Crippen LogP contribution >= 0.6 is 0 Å². The van der Waals surface area contributed by atoms with E-state index in [1.165, 1.54) is 24.8 Å². The number of unbranched alkanes of at least 4 members (excludes halogenated alkanes) is 1. The third-order valence-electron chi connectivity index (χ3n) is 2.91. The van der Waals surface area contributed by atoms with E-state index in [2.05, 4.69) is 41.1 Å². The Morgan fingerprint density at radius 2 is 1.16 bits per heavy atom. The van der Waals surface area contributed by atoms with Gasteiger partial charge >= 0.3 is 25.8 Å². The van der Waals surface area contributed by atoms with E-state index in [1.54, 1.807) is 0 Å². The Balaban J connectivity index is -0.000000122. The molecule has 3 nitrogen and oxygen atoms in total. The molecule has 1 aliphatic carbocycles. The van der Waals surface area contributed by atoms with E-state index in [1.807, 2.05) is 41.5 Å². The molecule has 4 heteroatoms. The van der Waals surface area contributed by atoms with Gasteiger partial charge in [-0.15, -0.1) is 6.42 Å². The average Bonchev–Trinajstić information content (AvgIpc) is 3.10. The van der Waals surface area contributed by atoms with Gasteiger partial charge in [-0.05, 0) is 0 Å². The summed E-state index contributed by atoms with van der Waals surface area (Å²) in [7, 11) is 0. The maximum atomic E-state index is 3.97. The first-order chi connectivity index (χ1) is 11.7. The predicted octanol–water partition coefficient (Wildman–Crippen LogP) is 7.06. The molecule has 0 unspecified atom stereocenters. The van der Waals surface area contributed by atoms with Crippen LogP contribution in [0.15, 0.2) is 17.7 Å². The smallest absolute Gasteiger partial charge is 0.663 e. The van der Waals surface area contributed by atoms with E-state index in [0.717, 1.165) is 45.7 Å². The van der Waals surface area contributed by atoms with Crippen LogP contribution in [-0.4, -0.2) is 39.3 Å². The fraction of sp³-hybridized carbons (Fsp3) is 0.810. The fourth-order valence-electron chi connectivity index (χ4n) is 1.66. The Morgan fingerprint density at radius 1 is 0.760 bits per heavy atom. The Morgan fingerprint density at radius 3 is 1.36 bits per heavy atom. The number of nitrogens with zero attached hydrogens (tertiary/aromatic N) is 3. The third kappa shape index (κ3) is 40.3. The van der Waals surface area contributed by atoms with Gasteiger partial charge in [-0.2, -0.15) is 45.3 Å². The molecule has 0 heterocycles. The molecule has 0 aliphatic heterocycles. The van der Waals surface area contributed by atoms with Gasteiger partial charge in [-0.1, -0.05) is 67.7 Å². The van der Waals surface area contributed by atoms with Crippen LogP contribution in [0, 0.1) is 6.08 Å². The molecule has 146 valence electrons. The van der Waals surface area contributed by atoms with Crippen LogP contribution in [0.4, 0.5) is 0 Å². The summed E-state index contributed by atoms with van der Waals surface area (Å²) in [5.41, 5.74) is 1.41. The number of allylic oxidation sites excluding steroid dienone is 4. The van der Waals surface area contributed by atoms with E-state index >= 15 is 0 Å². The second-order valence-electron chi connectivity index (χ2n) is 4.98. The van der Waals surface area contributed by atoms with E-state index in [4.69, 9.17) is 0 Å². The summed E-state index contributed by atoms with van der Waals surface area (Å²) in [5, 5.41) is 11.9. The topological polar surface area (TPSA) is 42.3 Å². The fourth-order valence-corrected chi connectivity index (χ4v) is 1.66. The summed E-state index contributed by atoms with van der Waals surface area (Å²) in [5.74, 6) is 0. The quantitative estimate of drug-likeness (QED) is 0.233. The van der Waals surface area contributed by atoms with E-state index in [0.29, 0.717) is 0 Å². The van der Waals surface area contributed by atoms with E-state index in [-0.39, 0.29) is 25.8 Å². The minimum absolute atomic E-state index is 0. The van der Waals surface area contributed by atoms with Crippen molar-refractivity contribution in [2.75, 3.05) is 39.3 Å². The minimum Gasteiger partial charge on any atom is -0.663 e. The SMILES string of the molecule is CCCCC1=[C-]CC=C1.CC[N-]CC.CC[N-]CC.CC[N-]CC.[Hf+4]. The van der Waals surface area contributed by atoms with Crippen molar-refractivity contribution < 1.29 is 25.8 Å². The Labute approximate surface area is 178 Å². The standard InChI is InChI=1S/C9H13.3C4H10N.Hf/c1-2-3-6-9-7-4-5-8-9;3*1-3-5-4-2;/h4,7H,2-3,5-6H2,1H3;3*3-4H2,1-2H3;/q4*-1;+4. The zero-order chi connectivity index (χ0) is 18.9. The summed E-state index contributed by atoms with van der Waals surface area (Å²) in [6, 6.07) is 0. The van der Waals surface area contributed by atoms with Crippen molar-refractivity contribution in [1.29, 1.82) is 0 Å². The summed E-state index contributed by atoms with van der Waals surface area (Å²) in [6.45, 7) is 20.3. The van der Waals surface area contributed by atoms with Gasteiger partial charge in [-0.3, -0.25) is 6.08 Å². The molecule has 0 aromatic carbocycles. The molecule has 1 rings (SSSR count). The molecule has 0 aromatic rings. The maximum Gasteiger partial charge on any atom is 4.00 e. The second-order valence-corrected chi connectivity index (χ2v) is 4.98. The average molecular weight is 516 g/mol. The van der Waals surface area contributed by atoms with Gasteiger partial charge in [0, 0.05) is 0 Å². The van der Waals surface area contributed by atoms with Gasteiger partial charge in [0.15, 0.2) is 0 Å². The summed E-state index contributed by atoms with van der Waals surface area (Å²) in [4.78, 5) is 0. The van der Waals surface area contributed by atoms with E-state index < -0.39 is 0 Å². The zero-order valence-electron chi connectivity index (χ0n) is 18.1. The first kappa shape index (κ1) is 32.9. The zero-order valence-corrected chi connectivity index (χ0v) is 21.7. The monoisotopic (exact) mass is 517 g/mol. The second kappa shape index (κ2) is 35.4. The van der Waals surface area contributed by atoms with Gasteiger partial charge in [0.2, 0.25) is 0 Å². The molecule has 0 aromatic heterocycles. The van der Waals surface area contributed by atoms with Crippen LogP contribution in [0.1, 0.15) is 74.1 Å². The Kier molecular flexibility index (Phi) is 46.5. The predicted molar refractivity (Wildman–Crippen MR) is 113 cm³/mol. The molecule has 0 radical (unpaired) electrons. The van der Waals surface area contributed by atoms with Gasteiger partial charge in [0.25, 0.3) is 0 Å². The van der Waals surface area contributed by atoms with Crippen molar-refractivity contribution >= 4 is 0 Å². The molecular formula is C21H43HfN3. The number of hydrogen-bond acceptors (Lipinski definition) is 0. The summed E-state index contributed by atoms with van der Waals surface area (Å²) < 4.78 is 0. The van der Waals surface area contributed by atoms with Crippen molar-refractivity contribution in [2.45, 2.75) is 74.1 Å². The van der Waals surface area contributed by atoms with Crippen molar-refractivity contribution in [1.82, 2.24) is 0 Å². The molecule has 1 aliphatic rings. The van der Waals surface area contributed by atoms with Crippen molar-refractivity contribution in [3.05, 3.63) is 39.8 Å². The maximum absolute atomic E-state index is 3.97. The molecule has 0 bridgehead atoms. The van der Waals surface area contributed by atoms with Crippen LogP contribution in [0.25, 0.3) is 16.0 Å². The summed E-state index contributed by atoms with van der Waals surface area (Å²) >= 11 is 0. The number of hydrogen-bond donors (Lipinski definition) is 0. The van der Waals surface area contributed by atoms with Gasteiger partial charge in [0.1, 0.15) is 0 Å². The molecule has 25 heavy (non-hydrogen) atoms. The van der Waals surface area contributed by atoms with Crippen LogP contribution in [-0.2, 0) is 25.8 Å². The van der Waals surface area contributed by atoms with Crippen molar-refractivity contribution in [3.63, 3.8) is 0 Å². The van der Waals surface area contributed by atoms with Gasteiger partial charge in [0.05, 0.1) is 0 Å². The van der Waals surface area contributed by atoms with Gasteiger partial charge < -0.3 is 16.0 Å². The molecule has 0 atom stereocenters.